The number of piperidine rings is 1. The summed E-state index contributed by atoms with van der Waals surface area (Å²) in [5.41, 5.74) is 1.54. The van der Waals surface area contributed by atoms with Crippen LogP contribution in [0.2, 0.25) is 0 Å². The first-order valence-corrected chi connectivity index (χ1v) is 14.4. The van der Waals surface area contributed by atoms with Gasteiger partial charge in [-0.15, -0.1) is 0 Å². The Kier molecular flexibility index (Phi) is 8.76. The van der Waals surface area contributed by atoms with Gasteiger partial charge >= 0.3 is 6.09 Å². The largest absolute Gasteiger partial charge is 0.444 e. The lowest BCUT2D eigenvalue weighted by Crippen LogP contribution is -2.50. The van der Waals surface area contributed by atoms with Crippen molar-refractivity contribution in [2.75, 3.05) is 67.5 Å². The van der Waals surface area contributed by atoms with Crippen molar-refractivity contribution in [1.82, 2.24) is 25.1 Å². The molecule has 1 aromatic carbocycles. The molecule has 3 amide bonds. The molecule has 0 aliphatic carbocycles. The van der Waals surface area contributed by atoms with Crippen molar-refractivity contribution >= 4 is 35.2 Å². The Balaban J connectivity index is 1.07. The number of anilines is 3. The Morgan fingerprint density at radius 2 is 1.69 bits per heavy atom. The van der Waals surface area contributed by atoms with Crippen molar-refractivity contribution in [3.05, 3.63) is 42.0 Å². The van der Waals surface area contributed by atoms with Crippen LogP contribution in [0.25, 0.3) is 0 Å². The molecule has 3 aliphatic rings. The highest BCUT2D eigenvalue weighted by Crippen LogP contribution is 2.26. The third kappa shape index (κ3) is 7.44. The maximum absolute atomic E-state index is 15.0. The maximum Gasteiger partial charge on any atom is 0.410 e. The van der Waals surface area contributed by atoms with E-state index < -0.39 is 11.6 Å². The van der Waals surface area contributed by atoms with E-state index in [0.717, 1.165) is 18.7 Å². The summed E-state index contributed by atoms with van der Waals surface area (Å²) in [6, 6.07) is 4.36. The van der Waals surface area contributed by atoms with E-state index >= 15 is 4.39 Å². The van der Waals surface area contributed by atoms with E-state index in [-0.39, 0.29) is 30.1 Å². The topological polar surface area (TPSA) is 123 Å². The average Bonchev–Trinajstić information content (AvgIpc) is 2.95. The number of rotatable bonds is 6. The summed E-state index contributed by atoms with van der Waals surface area (Å²) >= 11 is 0. The van der Waals surface area contributed by atoms with Crippen LogP contribution in [0.1, 0.15) is 39.2 Å². The standard InChI is InChI=1S/C29H39FN8O4/c1-29(2,3)42-28(41)38-14-12-37(13-15-38)27-31-17-20(18-32-27)19-35-8-10-36(11-9-35)24-6-4-21(16-22(24)30)33-23-5-7-25(39)34-26(23)40/h4,6,16-18,23,33H,5,7-15,19H2,1-3H3,(H,34,39,40). The van der Waals surface area contributed by atoms with E-state index in [0.29, 0.717) is 69.6 Å². The summed E-state index contributed by atoms with van der Waals surface area (Å²) in [6.07, 6.45) is 4.06. The van der Waals surface area contributed by atoms with Crippen LogP contribution in [0.4, 0.5) is 26.5 Å². The van der Waals surface area contributed by atoms with Gasteiger partial charge in [0.25, 0.3) is 0 Å². The first kappa shape index (κ1) is 29.5. The van der Waals surface area contributed by atoms with Crippen LogP contribution in [0.5, 0.6) is 0 Å². The first-order chi connectivity index (χ1) is 20.0. The van der Waals surface area contributed by atoms with Crippen molar-refractivity contribution in [2.45, 2.75) is 51.8 Å². The lowest BCUT2D eigenvalue weighted by Gasteiger charge is -2.36. The van der Waals surface area contributed by atoms with Gasteiger partial charge in [0.05, 0.1) is 5.69 Å². The zero-order valence-electron chi connectivity index (χ0n) is 24.4. The molecule has 3 saturated heterocycles. The highest BCUT2D eigenvalue weighted by Gasteiger charge is 2.28. The van der Waals surface area contributed by atoms with Gasteiger partial charge in [-0.2, -0.15) is 0 Å². The third-order valence-corrected chi connectivity index (χ3v) is 7.55. The second-order valence-corrected chi connectivity index (χ2v) is 11.9. The smallest absolute Gasteiger partial charge is 0.410 e. The second kappa shape index (κ2) is 12.5. The SMILES string of the molecule is CC(C)(C)OC(=O)N1CCN(c2ncc(CN3CCN(c4ccc(NC5CCC(=O)NC5=O)cc4F)CC3)cn2)CC1. The lowest BCUT2D eigenvalue weighted by molar-refractivity contribution is -0.133. The number of benzene rings is 1. The van der Waals surface area contributed by atoms with Gasteiger partial charge in [-0.05, 0) is 45.4 Å². The normalized spacial score (nSPS) is 20.4. The molecule has 0 radical (unpaired) electrons. The van der Waals surface area contributed by atoms with Gasteiger partial charge in [-0.3, -0.25) is 19.8 Å². The Morgan fingerprint density at radius 3 is 2.31 bits per heavy atom. The van der Waals surface area contributed by atoms with E-state index in [1.165, 1.54) is 6.07 Å². The Bertz CT molecular complexity index is 1290. The van der Waals surface area contributed by atoms with Crippen molar-refractivity contribution in [3.8, 4) is 0 Å². The third-order valence-electron chi connectivity index (χ3n) is 7.55. The molecule has 0 spiro atoms. The van der Waals surface area contributed by atoms with Crippen LogP contribution in [0, 0.1) is 5.82 Å². The predicted molar refractivity (Wildman–Crippen MR) is 156 cm³/mol. The molecule has 1 unspecified atom stereocenters. The summed E-state index contributed by atoms with van der Waals surface area (Å²) in [7, 11) is 0. The maximum atomic E-state index is 15.0. The Morgan fingerprint density at radius 1 is 1.02 bits per heavy atom. The lowest BCUT2D eigenvalue weighted by atomic mass is 10.1. The number of piperazine rings is 2. The van der Waals surface area contributed by atoms with Crippen LogP contribution in [0.3, 0.4) is 0 Å². The van der Waals surface area contributed by atoms with Crippen LogP contribution in [0.15, 0.2) is 30.6 Å². The molecular formula is C29H39FN8O4. The number of nitrogens with one attached hydrogen (secondary N) is 2. The number of ether oxygens (including phenoxy) is 1. The molecule has 3 aliphatic heterocycles. The van der Waals surface area contributed by atoms with Gasteiger partial charge in [-0.25, -0.2) is 19.2 Å². The van der Waals surface area contributed by atoms with Crippen molar-refractivity contribution < 1.29 is 23.5 Å². The highest BCUT2D eigenvalue weighted by molar-refractivity contribution is 6.01. The van der Waals surface area contributed by atoms with Crippen molar-refractivity contribution in [2.24, 2.45) is 0 Å². The number of nitrogens with zero attached hydrogens (tertiary/aromatic N) is 6. The molecule has 13 heteroatoms. The quantitative estimate of drug-likeness (QED) is 0.490. The van der Waals surface area contributed by atoms with Gasteiger partial charge in [0.1, 0.15) is 17.5 Å². The summed E-state index contributed by atoms with van der Waals surface area (Å²) in [4.78, 5) is 52.9. The van der Waals surface area contributed by atoms with Gasteiger partial charge in [0, 0.05) is 89.0 Å². The number of halogens is 1. The fourth-order valence-corrected chi connectivity index (χ4v) is 5.30. The number of hydrogen-bond acceptors (Lipinski definition) is 10. The summed E-state index contributed by atoms with van der Waals surface area (Å²) < 4.78 is 20.5. The minimum Gasteiger partial charge on any atom is -0.444 e. The number of carbonyl (C=O) groups is 3. The highest BCUT2D eigenvalue weighted by atomic mass is 19.1. The number of hydrogen-bond donors (Lipinski definition) is 2. The van der Waals surface area contributed by atoms with Crippen molar-refractivity contribution in [3.63, 3.8) is 0 Å². The van der Waals surface area contributed by atoms with E-state index in [4.69, 9.17) is 4.74 Å². The van der Waals surface area contributed by atoms with E-state index in [9.17, 15) is 14.4 Å². The molecule has 226 valence electrons. The van der Waals surface area contributed by atoms with Crippen LogP contribution in [-0.2, 0) is 20.9 Å². The van der Waals surface area contributed by atoms with E-state index in [1.807, 2.05) is 38.1 Å². The second-order valence-electron chi connectivity index (χ2n) is 11.9. The molecular weight excluding hydrogens is 543 g/mol. The van der Waals surface area contributed by atoms with Crippen molar-refractivity contribution in [1.29, 1.82) is 0 Å². The van der Waals surface area contributed by atoms with E-state index in [2.05, 4.69) is 30.4 Å². The average molecular weight is 583 g/mol. The predicted octanol–water partition coefficient (Wildman–Crippen LogP) is 2.21. The minimum absolute atomic E-state index is 0.263. The van der Waals surface area contributed by atoms with E-state index in [1.54, 1.807) is 17.0 Å². The molecule has 3 fully saturated rings. The fraction of sp³-hybridized carbons (Fsp3) is 0.552. The van der Waals surface area contributed by atoms with Gasteiger partial charge < -0.3 is 24.8 Å². The van der Waals surface area contributed by atoms with Gasteiger partial charge in [0.2, 0.25) is 17.8 Å². The van der Waals surface area contributed by atoms with Gasteiger partial charge in [-0.1, -0.05) is 0 Å². The zero-order valence-corrected chi connectivity index (χ0v) is 24.4. The molecule has 1 aromatic heterocycles. The molecule has 42 heavy (non-hydrogen) atoms. The number of amides is 3. The first-order valence-electron chi connectivity index (χ1n) is 14.4. The summed E-state index contributed by atoms with van der Waals surface area (Å²) in [6.45, 7) is 11.6. The molecule has 2 N–H and O–H groups in total. The van der Waals surface area contributed by atoms with Crippen LogP contribution < -0.4 is 20.4 Å². The molecule has 12 nitrogen and oxygen atoms in total. The number of imide groups is 1. The Labute approximate surface area is 245 Å². The number of aromatic nitrogens is 2. The monoisotopic (exact) mass is 582 g/mol. The Hall–Kier alpha value is -4.00. The molecule has 2 aromatic rings. The summed E-state index contributed by atoms with van der Waals surface area (Å²) in [5, 5.41) is 5.33. The minimum atomic E-state index is -0.552. The fourth-order valence-electron chi connectivity index (χ4n) is 5.30. The van der Waals surface area contributed by atoms with Gasteiger partial charge in [0.15, 0.2) is 0 Å². The number of carbonyl (C=O) groups excluding carboxylic acids is 3. The zero-order chi connectivity index (χ0) is 29.9. The van der Waals surface area contributed by atoms with Crippen LogP contribution in [-0.4, -0.2) is 102 Å². The summed E-state index contributed by atoms with van der Waals surface area (Å²) in [5.74, 6) is -0.365. The molecule has 5 rings (SSSR count). The molecule has 1 atom stereocenters. The molecule has 4 heterocycles. The molecule has 0 bridgehead atoms. The molecule has 0 saturated carbocycles. The van der Waals surface area contributed by atoms with Crippen LogP contribution >= 0.6 is 0 Å².